The molecule has 0 saturated heterocycles. The number of hydrogen-bond donors (Lipinski definition) is 2. The van der Waals surface area contributed by atoms with Crippen LogP contribution in [-0.4, -0.2) is 17.9 Å². The quantitative estimate of drug-likeness (QED) is 0.910. The second-order valence-electron chi connectivity index (χ2n) is 4.51. The van der Waals surface area contributed by atoms with Gasteiger partial charge in [0.1, 0.15) is 5.82 Å². The van der Waals surface area contributed by atoms with Crippen LogP contribution in [0.15, 0.2) is 23.6 Å². The first kappa shape index (κ1) is 14.6. The molecule has 1 aromatic carbocycles. The van der Waals surface area contributed by atoms with E-state index in [4.69, 9.17) is 0 Å². The van der Waals surface area contributed by atoms with E-state index in [0.717, 1.165) is 5.69 Å². The fourth-order valence-corrected chi connectivity index (χ4v) is 2.44. The van der Waals surface area contributed by atoms with E-state index in [2.05, 4.69) is 15.6 Å². The van der Waals surface area contributed by atoms with Gasteiger partial charge in [-0.3, -0.25) is 10.1 Å². The van der Waals surface area contributed by atoms with Crippen molar-refractivity contribution in [2.24, 2.45) is 0 Å². The van der Waals surface area contributed by atoms with Gasteiger partial charge in [-0.05, 0) is 44.7 Å². The van der Waals surface area contributed by atoms with Crippen molar-refractivity contribution >= 4 is 22.4 Å². The van der Waals surface area contributed by atoms with Crippen molar-refractivity contribution in [3.05, 3.63) is 46.2 Å². The predicted molar refractivity (Wildman–Crippen MR) is 78.7 cm³/mol. The number of amides is 1. The maximum atomic E-state index is 13.2. The van der Waals surface area contributed by atoms with Crippen LogP contribution in [0.1, 0.15) is 34.6 Å². The maximum Gasteiger partial charge on any atom is 0.257 e. The summed E-state index contributed by atoms with van der Waals surface area (Å²) in [5.41, 5.74) is 1.74. The lowest BCUT2D eigenvalue weighted by Crippen LogP contribution is -2.14. The number of carbonyl (C=O) groups excluding carboxylic acids is 1. The van der Waals surface area contributed by atoms with Crippen LogP contribution in [-0.2, 0) is 0 Å². The van der Waals surface area contributed by atoms with E-state index in [1.54, 1.807) is 6.92 Å². The van der Waals surface area contributed by atoms with Gasteiger partial charge >= 0.3 is 0 Å². The van der Waals surface area contributed by atoms with E-state index in [1.165, 1.54) is 29.5 Å². The second kappa shape index (κ2) is 6.11. The molecule has 4 nitrogen and oxygen atoms in total. The minimum Gasteiger partial charge on any atom is -0.312 e. The molecular formula is C14H16FN3OS. The molecule has 1 atom stereocenters. The summed E-state index contributed by atoms with van der Waals surface area (Å²) in [5, 5.41) is 8.24. The molecule has 1 heterocycles. The number of aromatic nitrogens is 1. The van der Waals surface area contributed by atoms with Crippen LogP contribution < -0.4 is 10.6 Å². The van der Waals surface area contributed by atoms with Crippen LogP contribution in [0.3, 0.4) is 0 Å². The molecule has 0 fully saturated rings. The van der Waals surface area contributed by atoms with Crippen LogP contribution in [0.4, 0.5) is 9.52 Å². The van der Waals surface area contributed by atoms with Gasteiger partial charge in [0.15, 0.2) is 5.13 Å². The van der Waals surface area contributed by atoms with Crippen molar-refractivity contribution < 1.29 is 9.18 Å². The third-order valence-corrected chi connectivity index (χ3v) is 3.82. The first-order valence-electron chi connectivity index (χ1n) is 6.21. The van der Waals surface area contributed by atoms with Gasteiger partial charge in [-0.25, -0.2) is 9.37 Å². The Morgan fingerprint density at radius 1 is 1.45 bits per heavy atom. The Morgan fingerprint density at radius 2 is 2.20 bits per heavy atom. The second-order valence-corrected chi connectivity index (χ2v) is 5.36. The molecule has 0 aliphatic heterocycles. The summed E-state index contributed by atoms with van der Waals surface area (Å²) in [6, 6.07) is 4.41. The largest absolute Gasteiger partial charge is 0.312 e. The molecule has 6 heteroatoms. The SMILES string of the molecule is CNC(C)c1csc(NC(=O)c2ccc(F)c(C)c2)n1. The Kier molecular flexibility index (Phi) is 4.46. The number of benzene rings is 1. The smallest absolute Gasteiger partial charge is 0.257 e. The summed E-state index contributed by atoms with van der Waals surface area (Å²) in [5.74, 6) is -0.605. The summed E-state index contributed by atoms with van der Waals surface area (Å²) >= 11 is 1.37. The van der Waals surface area contributed by atoms with Crippen molar-refractivity contribution in [3.63, 3.8) is 0 Å². The Bertz CT molecular complexity index is 627. The van der Waals surface area contributed by atoms with Gasteiger partial charge in [0.2, 0.25) is 0 Å². The van der Waals surface area contributed by atoms with E-state index < -0.39 is 0 Å². The zero-order valence-corrected chi connectivity index (χ0v) is 12.3. The van der Waals surface area contributed by atoms with Crippen LogP contribution in [0.2, 0.25) is 0 Å². The molecule has 0 saturated carbocycles. The molecule has 2 rings (SSSR count). The topological polar surface area (TPSA) is 54.0 Å². The molecule has 1 unspecified atom stereocenters. The first-order valence-corrected chi connectivity index (χ1v) is 7.09. The zero-order chi connectivity index (χ0) is 14.7. The number of anilines is 1. The van der Waals surface area contributed by atoms with E-state index in [0.29, 0.717) is 16.3 Å². The molecule has 106 valence electrons. The monoisotopic (exact) mass is 293 g/mol. The van der Waals surface area contributed by atoms with Gasteiger partial charge in [0.25, 0.3) is 5.91 Å². The third kappa shape index (κ3) is 3.20. The molecule has 2 aromatic rings. The third-order valence-electron chi connectivity index (χ3n) is 3.04. The number of rotatable bonds is 4. The summed E-state index contributed by atoms with van der Waals surface area (Å²) in [6.45, 7) is 3.62. The Morgan fingerprint density at radius 3 is 2.85 bits per heavy atom. The highest BCUT2D eigenvalue weighted by Crippen LogP contribution is 2.21. The number of nitrogens with zero attached hydrogens (tertiary/aromatic N) is 1. The molecule has 0 bridgehead atoms. The maximum absolute atomic E-state index is 13.2. The van der Waals surface area contributed by atoms with E-state index in [9.17, 15) is 9.18 Å². The van der Waals surface area contributed by atoms with Crippen molar-refractivity contribution in [3.8, 4) is 0 Å². The van der Waals surface area contributed by atoms with E-state index in [1.807, 2.05) is 19.4 Å². The van der Waals surface area contributed by atoms with Gasteiger partial charge < -0.3 is 5.32 Å². The van der Waals surface area contributed by atoms with E-state index >= 15 is 0 Å². The predicted octanol–water partition coefficient (Wildman–Crippen LogP) is 3.12. The minimum atomic E-state index is -0.319. The van der Waals surface area contributed by atoms with Crippen molar-refractivity contribution in [2.45, 2.75) is 19.9 Å². The molecule has 0 radical (unpaired) electrons. The van der Waals surface area contributed by atoms with Crippen molar-refractivity contribution in [1.82, 2.24) is 10.3 Å². The van der Waals surface area contributed by atoms with Crippen molar-refractivity contribution in [1.29, 1.82) is 0 Å². The van der Waals surface area contributed by atoms with Crippen LogP contribution in [0.5, 0.6) is 0 Å². The molecular weight excluding hydrogens is 277 g/mol. The summed E-state index contributed by atoms with van der Waals surface area (Å²) in [4.78, 5) is 16.4. The first-order chi connectivity index (χ1) is 9.51. The fourth-order valence-electron chi connectivity index (χ4n) is 1.65. The number of thiazole rings is 1. The molecule has 0 aliphatic rings. The van der Waals surface area contributed by atoms with Gasteiger partial charge in [0.05, 0.1) is 5.69 Å². The van der Waals surface area contributed by atoms with Crippen LogP contribution >= 0.6 is 11.3 Å². The molecule has 0 spiro atoms. The average molecular weight is 293 g/mol. The highest BCUT2D eigenvalue weighted by atomic mass is 32.1. The van der Waals surface area contributed by atoms with Crippen molar-refractivity contribution in [2.75, 3.05) is 12.4 Å². The van der Waals surface area contributed by atoms with Gasteiger partial charge in [0, 0.05) is 17.0 Å². The van der Waals surface area contributed by atoms with Gasteiger partial charge in [-0.15, -0.1) is 11.3 Å². The fraction of sp³-hybridized carbons (Fsp3) is 0.286. The lowest BCUT2D eigenvalue weighted by Gasteiger charge is -2.05. The Balaban J connectivity index is 2.11. The Labute approximate surface area is 121 Å². The van der Waals surface area contributed by atoms with Crippen LogP contribution in [0, 0.1) is 12.7 Å². The highest BCUT2D eigenvalue weighted by molar-refractivity contribution is 7.14. The molecule has 1 amide bonds. The number of carbonyl (C=O) groups is 1. The molecule has 20 heavy (non-hydrogen) atoms. The summed E-state index contributed by atoms with van der Waals surface area (Å²) in [7, 11) is 1.85. The molecule has 0 aliphatic carbocycles. The highest BCUT2D eigenvalue weighted by Gasteiger charge is 2.12. The van der Waals surface area contributed by atoms with Crippen LogP contribution in [0.25, 0.3) is 0 Å². The number of nitrogens with one attached hydrogen (secondary N) is 2. The van der Waals surface area contributed by atoms with Gasteiger partial charge in [-0.2, -0.15) is 0 Å². The molecule has 2 N–H and O–H groups in total. The summed E-state index contributed by atoms with van der Waals surface area (Å²) in [6.07, 6.45) is 0. The summed E-state index contributed by atoms with van der Waals surface area (Å²) < 4.78 is 13.2. The number of halogens is 1. The number of hydrogen-bond acceptors (Lipinski definition) is 4. The number of aryl methyl sites for hydroxylation is 1. The van der Waals surface area contributed by atoms with E-state index in [-0.39, 0.29) is 17.8 Å². The minimum absolute atomic E-state index is 0.130. The standard InChI is InChI=1S/C14H16FN3OS/c1-8-6-10(4-5-11(8)15)13(19)18-14-17-12(7-20-14)9(2)16-3/h4-7,9,16H,1-3H3,(H,17,18,19). The van der Waals surface area contributed by atoms with Gasteiger partial charge in [-0.1, -0.05) is 0 Å². The lowest BCUT2D eigenvalue weighted by molar-refractivity contribution is 0.102. The Hall–Kier alpha value is -1.79. The lowest BCUT2D eigenvalue weighted by atomic mass is 10.1. The normalized spacial score (nSPS) is 12.2. The average Bonchev–Trinajstić information content (AvgIpc) is 2.89. The molecule has 1 aromatic heterocycles. The zero-order valence-electron chi connectivity index (χ0n) is 11.5.